The maximum Gasteiger partial charge on any atom is 0.354 e. The molecule has 1 spiro atoms. The molecule has 8 heteroatoms. The fourth-order valence-corrected chi connectivity index (χ4v) is 6.96. The van der Waals surface area contributed by atoms with Gasteiger partial charge in [-0.15, -0.1) is 0 Å². The minimum atomic E-state index is -0.987. The number of carbonyl (C=O) groups excluding carboxylic acids is 2. The van der Waals surface area contributed by atoms with Gasteiger partial charge in [0, 0.05) is 62.3 Å². The smallest absolute Gasteiger partial charge is 0.354 e. The highest BCUT2D eigenvalue weighted by atomic mass is 127. The zero-order valence-corrected chi connectivity index (χ0v) is 20.6. The lowest BCUT2D eigenvalue weighted by Crippen LogP contribution is -2.48. The van der Waals surface area contributed by atoms with E-state index in [2.05, 4.69) is 21.9 Å². The Balaban J connectivity index is 1.14. The Labute approximate surface area is 199 Å². The first-order valence-corrected chi connectivity index (χ1v) is 13.9. The number of rotatable bonds is 5. The number of hydrogen-bond donors (Lipinski definition) is 0. The number of carbonyl (C=O) groups is 2. The van der Waals surface area contributed by atoms with Crippen molar-refractivity contribution in [3.8, 4) is 0 Å². The lowest BCUT2D eigenvalue weighted by molar-refractivity contribution is -0.224. The van der Waals surface area contributed by atoms with E-state index < -0.39 is 38.5 Å². The first-order chi connectivity index (χ1) is 15.6. The summed E-state index contributed by atoms with van der Waals surface area (Å²) in [7, 11) is 0. The van der Waals surface area contributed by atoms with Crippen molar-refractivity contribution < 1.29 is 23.8 Å². The van der Waals surface area contributed by atoms with E-state index in [0.29, 0.717) is 18.9 Å². The van der Waals surface area contributed by atoms with Gasteiger partial charge in [-0.1, -0.05) is 32.9 Å². The number of esters is 2. The summed E-state index contributed by atoms with van der Waals surface area (Å²) in [5.41, 5.74) is 1.26. The van der Waals surface area contributed by atoms with Crippen molar-refractivity contribution in [1.82, 2.24) is 9.80 Å². The highest BCUT2D eigenvalue weighted by Crippen LogP contribution is 2.37. The Morgan fingerprint density at radius 3 is 2.19 bits per heavy atom. The van der Waals surface area contributed by atoms with E-state index >= 15 is 0 Å². The van der Waals surface area contributed by atoms with Crippen LogP contribution in [0.15, 0.2) is 24.3 Å². The van der Waals surface area contributed by atoms with Gasteiger partial charge in [0.1, 0.15) is 0 Å². The average molecular weight is 554 g/mol. The van der Waals surface area contributed by atoms with Crippen molar-refractivity contribution >= 4 is 36.2 Å². The lowest BCUT2D eigenvalue weighted by atomic mass is 10.2. The summed E-state index contributed by atoms with van der Waals surface area (Å²) in [5.74, 6) is -1.93. The molecule has 0 radical (unpaired) electrons. The Morgan fingerprint density at radius 1 is 0.906 bits per heavy atom. The van der Waals surface area contributed by atoms with Gasteiger partial charge in [-0.2, -0.15) is 0 Å². The summed E-state index contributed by atoms with van der Waals surface area (Å²) < 4.78 is 18.1. The highest BCUT2D eigenvalue weighted by molar-refractivity contribution is 14.2. The Morgan fingerprint density at radius 2 is 1.56 bits per heavy atom. The number of nitrogens with zero attached hydrogens (tertiary/aromatic N) is 2. The van der Waals surface area contributed by atoms with E-state index in [-0.39, 0.29) is 3.51 Å². The zero-order valence-electron chi connectivity index (χ0n) is 18.4. The number of benzene rings is 1. The molecule has 5 rings (SSSR count). The number of hydrogen-bond acceptors (Lipinski definition) is 7. The Bertz CT molecular complexity index is 845. The van der Waals surface area contributed by atoms with Gasteiger partial charge in [0.2, 0.25) is 0 Å². The van der Waals surface area contributed by atoms with Crippen molar-refractivity contribution in [1.29, 1.82) is 0 Å². The molecule has 1 aromatic rings. The molecule has 1 aromatic carbocycles. The highest BCUT2D eigenvalue weighted by Gasteiger charge is 2.48. The molecule has 174 valence electrons. The molecule has 0 N–H and O–H groups in total. The van der Waals surface area contributed by atoms with Crippen LogP contribution in [0.3, 0.4) is 0 Å². The molecule has 4 fully saturated rings. The standard InChI is InChI=1S/C24H31IN2O5/c28-22-21(23(29)32-24(31-22)9-1-2-10-24)25-19-7-5-18(6-8-19)16-26-11-13-27(14-12-26)17-20-4-3-15-30-20/h5-8,20H,1-4,9-17H2. The lowest BCUT2D eigenvalue weighted by Gasteiger charge is -2.35. The summed E-state index contributed by atoms with van der Waals surface area (Å²) in [6.45, 7) is 7.23. The fourth-order valence-electron chi connectivity index (χ4n) is 4.95. The van der Waals surface area contributed by atoms with Crippen molar-refractivity contribution in [3.05, 3.63) is 33.4 Å². The molecule has 32 heavy (non-hydrogen) atoms. The molecular weight excluding hydrogens is 523 g/mol. The molecule has 3 saturated heterocycles. The maximum atomic E-state index is 12.5. The molecule has 1 aliphatic carbocycles. The third-order valence-electron chi connectivity index (χ3n) is 6.75. The molecule has 0 bridgehead atoms. The molecule has 7 nitrogen and oxygen atoms in total. The third kappa shape index (κ3) is 5.24. The van der Waals surface area contributed by atoms with E-state index in [0.717, 1.165) is 62.3 Å². The van der Waals surface area contributed by atoms with Crippen LogP contribution in [0.1, 0.15) is 44.1 Å². The normalized spacial score (nSPS) is 26.5. The number of piperazine rings is 1. The predicted octanol–water partition coefficient (Wildman–Crippen LogP) is 2.67. The van der Waals surface area contributed by atoms with Crippen LogP contribution >= 0.6 is 20.7 Å². The van der Waals surface area contributed by atoms with Crippen molar-refractivity contribution in [2.24, 2.45) is 0 Å². The second-order valence-electron chi connectivity index (χ2n) is 9.14. The average Bonchev–Trinajstić information content (AvgIpc) is 3.46. The van der Waals surface area contributed by atoms with Crippen LogP contribution in [0.4, 0.5) is 0 Å². The minimum Gasteiger partial charge on any atom is -0.418 e. The van der Waals surface area contributed by atoms with Gasteiger partial charge < -0.3 is 14.2 Å². The van der Waals surface area contributed by atoms with E-state index in [9.17, 15) is 9.59 Å². The van der Waals surface area contributed by atoms with E-state index in [1.54, 1.807) is 0 Å². The zero-order chi connectivity index (χ0) is 22.0. The summed E-state index contributed by atoms with van der Waals surface area (Å²) in [6.07, 6.45) is 5.92. The van der Waals surface area contributed by atoms with E-state index in [4.69, 9.17) is 14.2 Å². The van der Waals surface area contributed by atoms with Crippen molar-refractivity contribution in [3.63, 3.8) is 0 Å². The number of halogens is 1. The molecular formula is C24H31IN2O5. The van der Waals surface area contributed by atoms with Crippen LogP contribution in [-0.2, 0) is 30.3 Å². The van der Waals surface area contributed by atoms with Gasteiger partial charge in [0.15, 0.2) is 3.51 Å². The molecule has 0 amide bonds. The van der Waals surface area contributed by atoms with Crippen molar-refractivity contribution in [2.75, 3.05) is 39.3 Å². The van der Waals surface area contributed by atoms with Crippen LogP contribution in [0, 0.1) is 3.57 Å². The van der Waals surface area contributed by atoms with Crippen LogP contribution in [0.25, 0.3) is 0 Å². The first kappa shape index (κ1) is 22.4. The SMILES string of the molecule is O=C1OC2(CCCC2)OC(=O)C1=Ic1ccc(CN2CCN(CC3CCCO3)CC2)cc1. The van der Waals surface area contributed by atoms with Gasteiger partial charge in [-0.3, -0.25) is 9.80 Å². The molecule has 1 unspecified atom stereocenters. The Kier molecular flexibility index (Phi) is 6.92. The topological polar surface area (TPSA) is 68.3 Å². The summed E-state index contributed by atoms with van der Waals surface area (Å²) in [6, 6.07) is 8.33. The monoisotopic (exact) mass is 554 g/mol. The molecule has 4 aliphatic rings. The summed E-state index contributed by atoms with van der Waals surface area (Å²) in [5, 5.41) is 0. The van der Waals surface area contributed by atoms with Crippen LogP contribution in [0.5, 0.6) is 0 Å². The third-order valence-corrected chi connectivity index (χ3v) is 9.52. The van der Waals surface area contributed by atoms with E-state index in [1.165, 1.54) is 18.4 Å². The van der Waals surface area contributed by atoms with Crippen molar-refractivity contribution in [2.45, 2.75) is 57.0 Å². The Hall–Kier alpha value is -1.36. The minimum absolute atomic E-state index is 0.205. The van der Waals surface area contributed by atoms with Gasteiger partial charge in [-0.25, -0.2) is 9.59 Å². The molecule has 3 aliphatic heterocycles. The molecule has 1 saturated carbocycles. The van der Waals surface area contributed by atoms with Crippen LogP contribution in [-0.4, -0.2) is 76.5 Å². The fraction of sp³-hybridized carbons (Fsp3) is 0.625. The van der Waals surface area contributed by atoms with Crippen LogP contribution in [0.2, 0.25) is 0 Å². The molecule has 1 atom stereocenters. The summed E-state index contributed by atoms with van der Waals surface area (Å²) in [4.78, 5) is 30.0. The largest absolute Gasteiger partial charge is 0.418 e. The predicted molar refractivity (Wildman–Crippen MR) is 128 cm³/mol. The molecule has 3 heterocycles. The maximum absolute atomic E-state index is 12.5. The van der Waals surface area contributed by atoms with Crippen LogP contribution < -0.4 is 0 Å². The van der Waals surface area contributed by atoms with Gasteiger partial charge >= 0.3 is 11.9 Å². The number of ether oxygens (including phenoxy) is 3. The van der Waals surface area contributed by atoms with E-state index in [1.807, 2.05) is 12.1 Å². The summed E-state index contributed by atoms with van der Waals surface area (Å²) >= 11 is -0.919. The van der Waals surface area contributed by atoms with Gasteiger partial charge in [0.05, 0.1) is 6.10 Å². The van der Waals surface area contributed by atoms with Gasteiger partial charge in [-0.05, 0) is 43.4 Å². The first-order valence-electron chi connectivity index (χ1n) is 11.7. The quantitative estimate of drug-likeness (QED) is 0.410. The molecule has 0 aromatic heterocycles. The second-order valence-corrected chi connectivity index (χ2v) is 12.0. The second kappa shape index (κ2) is 9.87. The van der Waals surface area contributed by atoms with Gasteiger partial charge in [0.25, 0.3) is 5.79 Å².